The highest BCUT2D eigenvalue weighted by Gasteiger charge is 2.36. The Labute approximate surface area is 205 Å². The van der Waals surface area contributed by atoms with E-state index in [4.69, 9.17) is 0 Å². The first kappa shape index (κ1) is 24.6. The molecule has 1 N–H and O–H groups in total. The molecule has 34 heavy (non-hydrogen) atoms. The van der Waals surface area contributed by atoms with Crippen LogP contribution in [-0.4, -0.2) is 37.8 Å². The number of unbranched alkanes of at least 4 members (excludes halogenated alkanes) is 1. The standard InChI is InChI=1S/C26H36N4O3S/c1-3-4-8-18(2)25(31)30(21-13-11-20(12-14-21)29-17-27-16-28-29)22-15-23(34-24(22)26(32)33)19-9-6-5-7-10-19/h9,15-18,20-21H,3-8,10-14H2,1-2H3,(H,32,33). The maximum absolute atomic E-state index is 13.8. The molecule has 0 bridgehead atoms. The van der Waals surface area contributed by atoms with Gasteiger partial charge in [0.05, 0.1) is 11.7 Å². The molecule has 0 aromatic carbocycles. The van der Waals surface area contributed by atoms with Crippen LogP contribution in [0.25, 0.3) is 5.57 Å². The number of allylic oxidation sites excluding steroid dienone is 2. The van der Waals surface area contributed by atoms with Crippen molar-refractivity contribution in [1.82, 2.24) is 14.8 Å². The van der Waals surface area contributed by atoms with Gasteiger partial charge in [0.2, 0.25) is 5.91 Å². The van der Waals surface area contributed by atoms with E-state index in [1.807, 2.05) is 22.6 Å². The lowest BCUT2D eigenvalue weighted by Crippen LogP contribution is -2.45. The van der Waals surface area contributed by atoms with E-state index in [1.165, 1.54) is 23.3 Å². The van der Waals surface area contributed by atoms with E-state index in [0.29, 0.717) is 5.69 Å². The summed E-state index contributed by atoms with van der Waals surface area (Å²) in [5, 5.41) is 14.4. The van der Waals surface area contributed by atoms with Crippen LogP contribution in [-0.2, 0) is 4.79 Å². The first-order valence-electron chi connectivity index (χ1n) is 12.7. The molecule has 0 spiro atoms. The summed E-state index contributed by atoms with van der Waals surface area (Å²) in [5.41, 5.74) is 1.82. The highest BCUT2D eigenvalue weighted by Crippen LogP contribution is 2.41. The molecule has 4 rings (SSSR count). The van der Waals surface area contributed by atoms with Gasteiger partial charge in [-0.1, -0.05) is 32.8 Å². The summed E-state index contributed by atoms with van der Waals surface area (Å²) in [6.07, 6.45) is 16.2. The Morgan fingerprint density at radius 3 is 2.68 bits per heavy atom. The van der Waals surface area contributed by atoms with E-state index in [2.05, 4.69) is 23.1 Å². The van der Waals surface area contributed by atoms with Crippen LogP contribution in [0.4, 0.5) is 5.69 Å². The van der Waals surface area contributed by atoms with Gasteiger partial charge in [0.15, 0.2) is 0 Å². The fourth-order valence-corrected chi connectivity index (χ4v) is 6.34. The maximum Gasteiger partial charge on any atom is 0.348 e. The van der Waals surface area contributed by atoms with Crippen molar-refractivity contribution in [2.75, 3.05) is 4.90 Å². The first-order valence-corrected chi connectivity index (χ1v) is 13.5. The molecule has 1 amide bonds. The molecule has 8 heteroatoms. The zero-order valence-electron chi connectivity index (χ0n) is 20.3. The second kappa shape index (κ2) is 11.3. The highest BCUT2D eigenvalue weighted by atomic mass is 32.1. The van der Waals surface area contributed by atoms with Crippen LogP contribution >= 0.6 is 11.3 Å². The van der Waals surface area contributed by atoms with Crippen LogP contribution < -0.4 is 4.90 Å². The van der Waals surface area contributed by atoms with Crippen molar-refractivity contribution in [2.24, 2.45) is 5.92 Å². The topological polar surface area (TPSA) is 88.3 Å². The van der Waals surface area contributed by atoms with E-state index in [1.54, 1.807) is 12.7 Å². The molecule has 2 aromatic rings. The summed E-state index contributed by atoms with van der Waals surface area (Å²) in [5.74, 6) is -1.02. The number of anilines is 1. The molecule has 1 atom stereocenters. The summed E-state index contributed by atoms with van der Waals surface area (Å²) in [7, 11) is 0. The van der Waals surface area contributed by atoms with Crippen molar-refractivity contribution < 1.29 is 14.7 Å². The van der Waals surface area contributed by atoms with E-state index >= 15 is 0 Å². The molecule has 2 heterocycles. The van der Waals surface area contributed by atoms with Crippen molar-refractivity contribution in [1.29, 1.82) is 0 Å². The van der Waals surface area contributed by atoms with Gasteiger partial charge in [0, 0.05) is 16.8 Å². The number of rotatable bonds is 9. The number of hydrogen-bond acceptors (Lipinski definition) is 5. The highest BCUT2D eigenvalue weighted by molar-refractivity contribution is 7.15. The fraction of sp³-hybridized carbons (Fsp3) is 0.615. The minimum atomic E-state index is -0.946. The zero-order valence-corrected chi connectivity index (χ0v) is 21.1. The quantitative estimate of drug-likeness (QED) is 0.449. The van der Waals surface area contributed by atoms with Gasteiger partial charge in [-0.3, -0.25) is 4.79 Å². The smallest absolute Gasteiger partial charge is 0.348 e. The number of amides is 1. The number of carbonyl (C=O) groups is 2. The number of carbonyl (C=O) groups excluding carboxylic acids is 1. The van der Waals surface area contributed by atoms with Crippen molar-refractivity contribution in [3.63, 3.8) is 0 Å². The Kier molecular flexibility index (Phi) is 8.19. The Morgan fingerprint density at radius 1 is 1.26 bits per heavy atom. The second-order valence-corrected chi connectivity index (χ2v) is 10.7. The number of carboxylic acid groups (broad SMARTS) is 1. The average molecular weight is 485 g/mol. The van der Waals surface area contributed by atoms with Gasteiger partial charge in [-0.05, 0) is 69.4 Å². The van der Waals surface area contributed by atoms with Crippen LogP contribution in [0.5, 0.6) is 0 Å². The third-order valence-electron chi connectivity index (χ3n) is 7.27. The normalized spacial score (nSPS) is 21.6. The lowest BCUT2D eigenvalue weighted by atomic mass is 9.88. The number of carboxylic acids is 1. The lowest BCUT2D eigenvalue weighted by Gasteiger charge is -2.38. The molecule has 1 saturated carbocycles. The van der Waals surface area contributed by atoms with Crippen LogP contribution in [0.1, 0.15) is 105 Å². The Balaban J connectivity index is 1.65. The predicted molar refractivity (Wildman–Crippen MR) is 135 cm³/mol. The summed E-state index contributed by atoms with van der Waals surface area (Å²) >= 11 is 1.33. The third kappa shape index (κ3) is 5.43. The van der Waals surface area contributed by atoms with Gasteiger partial charge in [0.1, 0.15) is 17.5 Å². The minimum absolute atomic E-state index is 0.00256. The molecule has 0 aliphatic heterocycles. The molecule has 0 saturated heterocycles. The molecule has 0 radical (unpaired) electrons. The van der Waals surface area contributed by atoms with Crippen molar-refractivity contribution in [3.8, 4) is 0 Å². The first-order chi connectivity index (χ1) is 16.5. The van der Waals surface area contributed by atoms with Crippen LogP contribution in [0, 0.1) is 5.92 Å². The number of thiophene rings is 1. The molecule has 2 aromatic heterocycles. The Morgan fingerprint density at radius 2 is 2.06 bits per heavy atom. The SMILES string of the molecule is CCCCC(C)C(=O)N(c1cc(C2=CCCCC2)sc1C(=O)O)C1CCC(n2cncn2)CC1. The Bertz CT molecular complexity index is 1010. The van der Waals surface area contributed by atoms with Gasteiger partial charge in [-0.15, -0.1) is 11.3 Å². The number of hydrogen-bond donors (Lipinski definition) is 1. The lowest BCUT2D eigenvalue weighted by molar-refractivity contribution is -0.122. The third-order valence-corrected chi connectivity index (χ3v) is 8.45. The van der Waals surface area contributed by atoms with Crippen molar-refractivity contribution >= 4 is 34.5 Å². The number of aromatic nitrogens is 3. The molecular formula is C26H36N4O3S. The Hall–Kier alpha value is -2.48. The average Bonchev–Trinajstić information content (AvgIpc) is 3.55. The number of aromatic carboxylic acids is 1. The number of nitrogens with zero attached hydrogens (tertiary/aromatic N) is 4. The zero-order chi connectivity index (χ0) is 24.1. The van der Waals surface area contributed by atoms with Crippen molar-refractivity contribution in [2.45, 2.75) is 96.6 Å². The van der Waals surface area contributed by atoms with E-state index in [-0.39, 0.29) is 28.8 Å². The van der Waals surface area contributed by atoms with Gasteiger partial charge in [-0.2, -0.15) is 5.10 Å². The van der Waals surface area contributed by atoms with Gasteiger partial charge in [0.25, 0.3) is 0 Å². The molecule has 2 aliphatic carbocycles. The molecule has 2 aliphatic rings. The van der Waals surface area contributed by atoms with Crippen LogP contribution in [0.15, 0.2) is 24.8 Å². The van der Waals surface area contributed by atoms with E-state index in [0.717, 1.165) is 69.1 Å². The molecule has 1 unspecified atom stereocenters. The molecule has 7 nitrogen and oxygen atoms in total. The van der Waals surface area contributed by atoms with Crippen LogP contribution in [0.2, 0.25) is 0 Å². The van der Waals surface area contributed by atoms with Gasteiger partial charge < -0.3 is 10.0 Å². The summed E-state index contributed by atoms with van der Waals surface area (Å²) in [4.78, 5) is 33.4. The van der Waals surface area contributed by atoms with E-state index < -0.39 is 5.97 Å². The largest absolute Gasteiger partial charge is 0.477 e. The summed E-state index contributed by atoms with van der Waals surface area (Å²) in [6.45, 7) is 4.12. The maximum atomic E-state index is 13.8. The summed E-state index contributed by atoms with van der Waals surface area (Å²) in [6, 6.07) is 2.26. The molecular weight excluding hydrogens is 448 g/mol. The molecule has 184 valence electrons. The summed E-state index contributed by atoms with van der Waals surface area (Å²) < 4.78 is 1.91. The fourth-order valence-electron chi connectivity index (χ4n) is 5.29. The van der Waals surface area contributed by atoms with Crippen LogP contribution in [0.3, 0.4) is 0 Å². The second-order valence-electron chi connectivity index (χ2n) is 9.69. The van der Waals surface area contributed by atoms with Crippen molar-refractivity contribution in [3.05, 3.63) is 34.6 Å². The molecule has 1 fully saturated rings. The van der Waals surface area contributed by atoms with Gasteiger partial charge >= 0.3 is 5.97 Å². The minimum Gasteiger partial charge on any atom is -0.477 e. The van der Waals surface area contributed by atoms with E-state index in [9.17, 15) is 14.7 Å². The van der Waals surface area contributed by atoms with Gasteiger partial charge in [-0.25, -0.2) is 14.5 Å². The monoisotopic (exact) mass is 484 g/mol. The predicted octanol–water partition coefficient (Wildman–Crippen LogP) is 6.34.